The van der Waals surface area contributed by atoms with Crippen LogP contribution in [0.1, 0.15) is 26.7 Å². The fourth-order valence-corrected chi connectivity index (χ4v) is 2.52. The number of aliphatic imine (C=N–C) groups is 1. The molecule has 0 aromatic rings. The SMILES string of the molecule is C\C=C/C(=C\C(F)=C/C)CCC1=NCC=C2C(NC(=O)N2C)N1. The summed E-state index contributed by atoms with van der Waals surface area (Å²) in [6.07, 6.45) is 9.78. The van der Waals surface area contributed by atoms with E-state index in [2.05, 4.69) is 15.6 Å². The summed E-state index contributed by atoms with van der Waals surface area (Å²) in [7, 11) is 1.74. The molecule has 0 spiro atoms. The molecule has 1 fully saturated rings. The maximum atomic E-state index is 13.4. The second-order valence-electron chi connectivity index (χ2n) is 5.40. The first-order valence-electron chi connectivity index (χ1n) is 7.74. The first-order chi connectivity index (χ1) is 11.0. The molecule has 2 N–H and O–H groups in total. The van der Waals surface area contributed by atoms with E-state index in [1.54, 1.807) is 18.9 Å². The summed E-state index contributed by atoms with van der Waals surface area (Å²) in [5.41, 5.74) is 1.79. The minimum absolute atomic E-state index is 0.125. The van der Waals surface area contributed by atoms with Gasteiger partial charge in [-0.3, -0.25) is 9.89 Å². The molecule has 5 nitrogen and oxygen atoms in total. The Labute approximate surface area is 136 Å². The average molecular weight is 318 g/mol. The van der Waals surface area contributed by atoms with Gasteiger partial charge in [-0.05, 0) is 38.0 Å². The van der Waals surface area contributed by atoms with Crippen LogP contribution in [-0.4, -0.2) is 36.5 Å². The maximum absolute atomic E-state index is 13.4. The van der Waals surface area contributed by atoms with Gasteiger partial charge in [0.1, 0.15) is 12.0 Å². The smallest absolute Gasteiger partial charge is 0.323 e. The van der Waals surface area contributed by atoms with Gasteiger partial charge in [0.15, 0.2) is 0 Å². The van der Waals surface area contributed by atoms with Gasteiger partial charge in [-0.25, -0.2) is 9.18 Å². The molecule has 2 amide bonds. The molecule has 0 saturated carbocycles. The van der Waals surface area contributed by atoms with Gasteiger partial charge in [0.05, 0.1) is 18.1 Å². The third-order valence-electron chi connectivity index (χ3n) is 3.78. The zero-order valence-electron chi connectivity index (χ0n) is 13.8. The molecule has 2 rings (SSSR count). The molecule has 2 aliphatic rings. The van der Waals surface area contributed by atoms with Gasteiger partial charge < -0.3 is 10.6 Å². The number of urea groups is 1. The molecule has 2 heterocycles. The normalized spacial score (nSPS) is 22.3. The molecule has 2 aliphatic heterocycles. The second kappa shape index (κ2) is 7.76. The first kappa shape index (κ1) is 17.0. The van der Waals surface area contributed by atoms with E-state index in [9.17, 15) is 9.18 Å². The molecule has 1 saturated heterocycles. The molecule has 6 heteroatoms. The van der Waals surface area contributed by atoms with Crippen molar-refractivity contribution < 1.29 is 9.18 Å². The molecule has 0 aromatic heterocycles. The number of carbonyl (C=O) groups is 1. The molecular weight excluding hydrogens is 295 g/mol. The van der Waals surface area contributed by atoms with Crippen LogP contribution >= 0.6 is 0 Å². The minimum Gasteiger partial charge on any atom is -0.349 e. The summed E-state index contributed by atoms with van der Waals surface area (Å²) < 4.78 is 13.4. The number of nitrogens with zero attached hydrogens (tertiary/aromatic N) is 2. The summed E-state index contributed by atoms with van der Waals surface area (Å²) >= 11 is 0. The van der Waals surface area contributed by atoms with Gasteiger partial charge in [-0.1, -0.05) is 18.2 Å². The summed E-state index contributed by atoms with van der Waals surface area (Å²) in [4.78, 5) is 17.8. The van der Waals surface area contributed by atoms with Crippen molar-refractivity contribution in [1.29, 1.82) is 0 Å². The van der Waals surface area contributed by atoms with Gasteiger partial charge in [-0.2, -0.15) is 0 Å². The predicted octanol–water partition coefficient (Wildman–Crippen LogP) is 3.01. The fraction of sp³-hybridized carbons (Fsp3) is 0.412. The number of hydrogen-bond acceptors (Lipinski definition) is 3. The molecule has 1 atom stereocenters. The number of allylic oxidation sites excluding steroid dienone is 6. The number of rotatable bonds is 5. The number of halogens is 1. The Morgan fingerprint density at radius 1 is 1.48 bits per heavy atom. The van der Waals surface area contributed by atoms with Crippen molar-refractivity contribution in [2.24, 2.45) is 4.99 Å². The van der Waals surface area contributed by atoms with Crippen molar-refractivity contribution in [1.82, 2.24) is 15.5 Å². The van der Waals surface area contributed by atoms with E-state index >= 15 is 0 Å². The molecular formula is C17H23FN4O. The summed E-state index contributed by atoms with van der Waals surface area (Å²) in [6, 6.07) is -0.125. The van der Waals surface area contributed by atoms with Crippen molar-refractivity contribution in [2.75, 3.05) is 13.6 Å². The van der Waals surface area contributed by atoms with E-state index in [4.69, 9.17) is 0 Å². The fourth-order valence-electron chi connectivity index (χ4n) is 2.52. The molecule has 0 aliphatic carbocycles. The van der Waals surface area contributed by atoms with Gasteiger partial charge in [0.2, 0.25) is 0 Å². The van der Waals surface area contributed by atoms with Crippen LogP contribution in [0.15, 0.2) is 52.5 Å². The molecule has 0 bridgehead atoms. The van der Waals surface area contributed by atoms with Crippen LogP contribution in [0.2, 0.25) is 0 Å². The minimum atomic E-state index is -0.248. The number of likely N-dealkylation sites (N-methyl/N-ethyl adjacent to an activating group) is 1. The van der Waals surface area contributed by atoms with Crippen LogP contribution < -0.4 is 10.6 Å². The molecule has 0 radical (unpaired) electrons. The number of hydrogen-bond donors (Lipinski definition) is 2. The standard InChI is InChI=1S/C17H23FN4O/c1-4-6-12(11-13(18)5-2)7-8-15-19-10-9-14-16(20-15)21-17(23)22(14)3/h4-6,9,11,16H,7-8,10H2,1-3H3,(H,19,20)(H,21,23)/b6-4-,12-11+,13-5+. The summed E-state index contributed by atoms with van der Waals surface area (Å²) in [6.45, 7) is 4.10. The highest BCUT2D eigenvalue weighted by atomic mass is 19.1. The number of nitrogens with one attached hydrogen (secondary N) is 2. The number of amides is 2. The zero-order valence-corrected chi connectivity index (χ0v) is 13.8. The third kappa shape index (κ3) is 4.31. The van der Waals surface area contributed by atoms with Gasteiger partial charge in [0, 0.05) is 13.5 Å². The highest BCUT2D eigenvalue weighted by molar-refractivity contribution is 5.87. The van der Waals surface area contributed by atoms with Crippen molar-refractivity contribution in [3.8, 4) is 0 Å². The van der Waals surface area contributed by atoms with E-state index in [1.807, 2.05) is 25.2 Å². The van der Waals surface area contributed by atoms with E-state index in [-0.39, 0.29) is 18.0 Å². The van der Waals surface area contributed by atoms with Crippen LogP contribution in [0, 0.1) is 0 Å². The first-order valence-corrected chi connectivity index (χ1v) is 7.74. The lowest BCUT2D eigenvalue weighted by Gasteiger charge is -2.16. The topological polar surface area (TPSA) is 56.7 Å². The Morgan fingerprint density at radius 3 is 2.96 bits per heavy atom. The predicted molar refractivity (Wildman–Crippen MR) is 90.6 cm³/mol. The zero-order chi connectivity index (χ0) is 16.8. The van der Waals surface area contributed by atoms with Crippen LogP contribution in [0.3, 0.4) is 0 Å². The lowest BCUT2D eigenvalue weighted by Crippen LogP contribution is -2.42. The molecule has 0 aromatic carbocycles. The monoisotopic (exact) mass is 318 g/mol. The van der Waals surface area contributed by atoms with Crippen molar-refractivity contribution in [2.45, 2.75) is 32.9 Å². The van der Waals surface area contributed by atoms with Crippen LogP contribution in [0.4, 0.5) is 9.18 Å². The number of carbonyl (C=O) groups excluding carboxylic acids is 1. The van der Waals surface area contributed by atoms with E-state index in [1.165, 1.54) is 12.2 Å². The average Bonchev–Trinajstić information content (AvgIpc) is 2.70. The Hall–Kier alpha value is -2.37. The third-order valence-corrected chi connectivity index (χ3v) is 3.78. The Kier molecular flexibility index (Phi) is 5.73. The van der Waals surface area contributed by atoms with Gasteiger partial charge >= 0.3 is 6.03 Å². The lowest BCUT2D eigenvalue weighted by molar-refractivity contribution is 0.229. The maximum Gasteiger partial charge on any atom is 0.323 e. The number of fused-ring (bicyclic) bond motifs is 1. The second-order valence-corrected chi connectivity index (χ2v) is 5.40. The Bertz CT molecular complexity index is 616. The van der Waals surface area contributed by atoms with E-state index < -0.39 is 0 Å². The van der Waals surface area contributed by atoms with Gasteiger partial charge in [0.25, 0.3) is 0 Å². The summed E-state index contributed by atoms with van der Waals surface area (Å²) in [5.74, 6) is 0.565. The Morgan fingerprint density at radius 2 is 2.26 bits per heavy atom. The van der Waals surface area contributed by atoms with E-state index in [0.29, 0.717) is 19.4 Å². The van der Waals surface area contributed by atoms with Crippen LogP contribution in [-0.2, 0) is 0 Å². The van der Waals surface area contributed by atoms with Crippen molar-refractivity contribution in [3.63, 3.8) is 0 Å². The highest BCUT2D eigenvalue weighted by Gasteiger charge is 2.32. The number of amidine groups is 1. The highest BCUT2D eigenvalue weighted by Crippen LogP contribution is 2.17. The van der Waals surface area contributed by atoms with E-state index in [0.717, 1.165) is 17.1 Å². The largest absolute Gasteiger partial charge is 0.349 e. The van der Waals surface area contributed by atoms with Crippen molar-refractivity contribution >= 4 is 11.9 Å². The summed E-state index contributed by atoms with van der Waals surface area (Å²) in [5, 5.41) is 6.11. The molecule has 1 unspecified atom stereocenters. The molecule has 124 valence electrons. The van der Waals surface area contributed by atoms with Crippen LogP contribution in [0.5, 0.6) is 0 Å². The van der Waals surface area contributed by atoms with Crippen LogP contribution in [0.25, 0.3) is 0 Å². The lowest BCUT2D eigenvalue weighted by atomic mass is 10.1. The quantitative estimate of drug-likeness (QED) is 0.766. The molecule has 23 heavy (non-hydrogen) atoms. The van der Waals surface area contributed by atoms with Crippen molar-refractivity contribution in [3.05, 3.63) is 47.5 Å². The van der Waals surface area contributed by atoms with Gasteiger partial charge in [-0.15, -0.1) is 0 Å². The Balaban J connectivity index is 2.00.